The van der Waals surface area contributed by atoms with Gasteiger partial charge in [0, 0.05) is 19.7 Å². The fourth-order valence-corrected chi connectivity index (χ4v) is 2.13. The predicted octanol–water partition coefficient (Wildman–Crippen LogP) is 0.973. The van der Waals surface area contributed by atoms with Crippen molar-refractivity contribution < 1.29 is 13.2 Å². The van der Waals surface area contributed by atoms with E-state index in [1.807, 2.05) is 7.05 Å². The largest absolute Gasteiger partial charge is 0.383 e. The van der Waals surface area contributed by atoms with Crippen LogP contribution in [0, 0.1) is 0 Å². The Morgan fingerprint density at radius 1 is 1.33 bits per heavy atom. The van der Waals surface area contributed by atoms with Crippen molar-refractivity contribution in [2.45, 2.75) is 17.9 Å². The van der Waals surface area contributed by atoms with Gasteiger partial charge in [-0.3, -0.25) is 4.90 Å². The second-order valence-electron chi connectivity index (χ2n) is 4.26. The highest BCUT2D eigenvalue weighted by Gasteiger charge is 2.13. The summed E-state index contributed by atoms with van der Waals surface area (Å²) >= 11 is 0. The molecule has 1 aromatic rings. The zero-order chi connectivity index (χ0) is 13.8. The molecule has 0 spiro atoms. The molecule has 0 aromatic heterocycles. The third kappa shape index (κ3) is 4.06. The first-order chi connectivity index (χ1) is 8.36. The van der Waals surface area contributed by atoms with E-state index >= 15 is 0 Å². The minimum absolute atomic E-state index is 0.137. The molecule has 1 rings (SSSR count). The summed E-state index contributed by atoms with van der Waals surface area (Å²) in [7, 11) is 0.0501. The second kappa shape index (κ2) is 6.29. The molecule has 0 saturated heterocycles. The number of ether oxygens (including phenoxy) is 1. The van der Waals surface area contributed by atoms with Crippen LogP contribution in [0.2, 0.25) is 0 Å². The molecule has 1 atom stereocenters. The first-order valence-corrected chi connectivity index (χ1v) is 7.23. The molecule has 2 N–H and O–H groups in total. The van der Waals surface area contributed by atoms with Gasteiger partial charge >= 0.3 is 0 Å². The lowest BCUT2D eigenvalue weighted by Crippen LogP contribution is -2.26. The van der Waals surface area contributed by atoms with Crippen LogP contribution in [-0.2, 0) is 14.8 Å². The van der Waals surface area contributed by atoms with Crippen LogP contribution in [0.15, 0.2) is 29.2 Å². The summed E-state index contributed by atoms with van der Waals surface area (Å²) in [6, 6.07) is 6.83. The summed E-state index contributed by atoms with van der Waals surface area (Å²) in [4.78, 5) is 2.27. The van der Waals surface area contributed by atoms with Crippen LogP contribution in [0.4, 0.5) is 0 Å². The molecule has 5 nitrogen and oxygen atoms in total. The Kier molecular flexibility index (Phi) is 5.28. The van der Waals surface area contributed by atoms with Crippen LogP contribution in [0.3, 0.4) is 0 Å². The molecule has 0 radical (unpaired) electrons. The fourth-order valence-electron chi connectivity index (χ4n) is 1.62. The van der Waals surface area contributed by atoms with Crippen LogP contribution >= 0.6 is 0 Å². The van der Waals surface area contributed by atoms with Crippen molar-refractivity contribution in [1.29, 1.82) is 0 Å². The predicted molar refractivity (Wildman–Crippen MR) is 70.7 cm³/mol. The lowest BCUT2D eigenvalue weighted by atomic mass is 10.1. The summed E-state index contributed by atoms with van der Waals surface area (Å²) in [5.41, 5.74) is 1.04. The van der Waals surface area contributed by atoms with E-state index in [0.29, 0.717) is 6.61 Å². The Balaban J connectivity index is 2.79. The Hall–Kier alpha value is -0.950. The molecule has 0 saturated carbocycles. The van der Waals surface area contributed by atoms with Crippen molar-refractivity contribution in [3.63, 3.8) is 0 Å². The molecule has 102 valence electrons. The average Bonchev–Trinajstić information content (AvgIpc) is 2.34. The zero-order valence-corrected chi connectivity index (χ0v) is 11.8. The van der Waals surface area contributed by atoms with Gasteiger partial charge in [0.15, 0.2) is 0 Å². The standard InChI is InChI=1S/C12H20N2O3S/c1-10(14(2)8-9-17-3)11-4-6-12(7-5-11)18(13,15)16/h4-7,10H,8-9H2,1-3H3,(H2,13,15,16)/t10-/m1/s1. The number of hydrogen-bond acceptors (Lipinski definition) is 4. The summed E-state index contributed by atoms with van der Waals surface area (Å²) in [6.07, 6.45) is 0. The molecule has 6 heteroatoms. The van der Waals surface area contributed by atoms with Gasteiger partial charge in [0.1, 0.15) is 0 Å². The van der Waals surface area contributed by atoms with Gasteiger partial charge in [-0.15, -0.1) is 0 Å². The van der Waals surface area contributed by atoms with Gasteiger partial charge in [-0.1, -0.05) is 12.1 Å². The number of benzene rings is 1. The van der Waals surface area contributed by atoms with E-state index in [1.54, 1.807) is 19.2 Å². The molecule has 0 aliphatic heterocycles. The third-order valence-corrected chi connectivity index (χ3v) is 3.93. The van der Waals surface area contributed by atoms with Crippen molar-refractivity contribution in [3.05, 3.63) is 29.8 Å². The maximum atomic E-state index is 11.1. The number of sulfonamides is 1. The molecule has 0 fully saturated rings. The highest BCUT2D eigenvalue weighted by Crippen LogP contribution is 2.19. The Morgan fingerprint density at radius 3 is 2.33 bits per heavy atom. The van der Waals surface area contributed by atoms with Gasteiger partial charge in [-0.05, 0) is 31.7 Å². The molecular weight excluding hydrogens is 252 g/mol. The molecule has 0 aliphatic rings. The lowest BCUT2D eigenvalue weighted by Gasteiger charge is -2.24. The summed E-state index contributed by atoms with van der Waals surface area (Å²) in [6.45, 7) is 3.53. The van der Waals surface area contributed by atoms with Crippen LogP contribution in [0.25, 0.3) is 0 Å². The normalized spacial score (nSPS) is 13.8. The van der Waals surface area contributed by atoms with E-state index in [9.17, 15) is 8.42 Å². The van der Waals surface area contributed by atoms with E-state index in [0.717, 1.165) is 12.1 Å². The van der Waals surface area contributed by atoms with Crippen LogP contribution in [0.1, 0.15) is 18.5 Å². The molecule has 18 heavy (non-hydrogen) atoms. The Morgan fingerprint density at radius 2 is 1.89 bits per heavy atom. The van der Waals surface area contributed by atoms with Gasteiger partial charge in [0.25, 0.3) is 0 Å². The topological polar surface area (TPSA) is 72.6 Å². The summed E-state index contributed by atoms with van der Waals surface area (Å²) in [5.74, 6) is 0. The summed E-state index contributed by atoms with van der Waals surface area (Å²) < 4.78 is 27.3. The van der Waals surface area contributed by atoms with Crippen molar-refractivity contribution >= 4 is 10.0 Å². The number of methoxy groups -OCH3 is 1. The van der Waals surface area contributed by atoms with E-state index in [2.05, 4.69) is 11.8 Å². The number of likely N-dealkylation sites (N-methyl/N-ethyl adjacent to an activating group) is 1. The smallest absolute Gasteiger partial charge is 0.238 e. The fraction of sp³-hybridized carbons (Fsp3) is 0.500. The van der Waals surface area contributed by atoms with Gasteiger partial charge in [-0.25, -0.2) is 13.6 Å². The van der Waals surface area contributed by atoms with E-state index in [-0.39, 0.29) is 10.9 Å². The molecular formula is C12H20N2O3S. The van der Waals surface area contributed by atoms with Crippen molar-refractivity contribution in [3.8, 4) is 0 Å². The maximum Gasteiger partial charge on any atom is 0.238 e. The zero-order valence-electron chi connectivity index (χ0n) is 11.0. The molecule has 0 bridgehead atoms. The van der Waals surface area contributed by atoms with Gasteiger partial charge in [0.2, 0.25) is 10.0 Å². The van der Waals surface area contributed by atoms with Crippen LogP contribution < -0.4 is 5.14 Å². The van der Waals surface area contributed by atoms with Crippen LogP contribution in [-0.4, -0.2) is 40.6 Å². The van der Waals surface area contributed by atoms with E-state index in [4.69, 9.17) is 9.88 Å². The number of rotatable bonds is 6. The molecule has 0 aliphatic carbocycles. The van der Waals surface area contributed by atoms with Gasteiger partial charge in [-0.2, -0.15) is 0 Å². The number of nitrogens with zero attached hydrogens (tertiary/aromatic N) is 1. The molecule has 0 amide bonds. The quantitative estimate of drug-likeness (QED) is 0.837. The van der Waals surface area contributed by atoms with E-state index in [1.165, 1.54) is 12.1 Å². The first-order valence-electron chi connectivity index (χ1n) is 5.68. The monoisotopic (exact) mass is 272 g/mol. The average molecular weight is 272 g/mol. The lowest BCUT2D eigenvalue weighted by molar-refractivity contribution is 0.143. The Labute approximate surface area is 109 Å². The SMILES string of the molecule is COCCN(C)[C@H](C)c1ccc(S(N)(=O)=O)cc1. The van der Waals surface area contributed by atoms with Crippen LogP contribution in [0.5, 0.6) is 0 Å². The minimum atomic E-state index is -3.61. The van der Waals surface area contributed by atoms with E-state index < -0.39 is 10.0 Å². The number of hydrogen-bond donors (Lipinski definition) is 1. The number of nitrogens with two attached hydrogens (primary N) is 1. The van der Waals surface area contributed by atoms with Crippen molar-refractivity contribution in [2.75, 3.05) is 27.3 Å². The highest BCUT2D eigenvalue weighted by atomic mass is 32.2. The molecule has 1 aromatic carbocycles. The summed E-state index contributed by atoms with van der Waals surface area (Å²) in [5, 5.41) is 5.05. The molecule has 0 unspecified atom stereocenters. The second-order valence-corrected chi connectivity index (χ2v) is 5.82. The Bertz CT molecular complexity index is 471. The third-order valence-electron chi connectivity index (χ3n) is 3.00. The minimum Gasteiger partial charge on any atom is -0.383 e. The highest BCUT2D eigenvalue weighted by molar-refractivity contribution is 7.89. The van der Waals surface area contributed by atoms with Gasteiger partial charge < -0.3 is 4.74 Å². The van der Waals surface area contributed by atoms with Crippen molar-refractivity contribution in [2.24, 2.45) is 5.14 Å². The number of primary sulfonamides is 1. The first kappa shape index (κ1) is 15.1. The molecule has 0 heterocycles. The van der Waals surface area contributed by atoms with Crippen molar-refractivity contribution in [1.82, 2.24) is 4.90 Å². The maximum absolute atomic E-state index is 11.1. The van der Waals surface area contributed by atoms with Gasteiger partial charge in [0.05, 0.1) is 11.5 Å².